The molecule has 166 valence electrons. The molecule has 2 aliphatic rings. The molecule has 2 heterocycles. The minimum atomic E-state index is -0.484. The fourth-order valence-corrected chi connectivity index (χ4v) is 4.27. The number of carbonyl (C=O) groups excluding carboxylic acids is 2. The Kier molecular flexibility index (Phi) is 6.00. The number of nitrogens with one attached hydrogen (secondary N) is 4. The van der Waals surface area contributed by atoms with Crippen LogP contribution in [-0.2, 0) is 16.6 Å². The molecule has 1 aromatic carbocycles. The number of nitrogens with zero attached hydrogens (tertiary/aromatic N) is 2. The van der Waals surface area contributed by atoms with Crippen molar-refractivity contribution in [3.05, 3.63) is 47.7 Å². The van der Waals surface area contributed by atoms with Crippen LogP contribution in [0.4, 0.5) is 10.6 Å². The molecule has 1 aliphatic heterocycles. The van der Waals surface area contributed by atoms with Crippen molar-refractivity contribution in [2.45, 2.75) is 64.2 Å². The first-order chi connectivity index (χ1) is 14.8. The number of benzene rings is 1. The van der Waals surface area contributed by atoms with Crippen LogP contribution in [0.3, 0.4) is 0 Å². The third kappa shape index (κ3) is 4.90. The van der Waals surface area contributed by atoms with Gasteiger partial charge < -0.3 is 10.6 Å². The van der Waals surface area contributed by atoms with Crippen molar-refractivity contribution < 1.29 is 9.59 Å². The van der Waals surface area contributed by atoms with Crippen molar-refractivity contribution >= 4 is 17.8 Å². The van der Waals surface area contributed by atoms with Crippen molar-refractivity contribution in [2.75, 3.05) is 11.9 Å². The molecule has 1 aromatic heterocycles. The smallest absolute Gasteiger partial charge is 0.320 e. The molecule has 31 heavy (non-hydrogen) atoms. The Hall–Kier alpha value is -2.87. The van der Waals surface area contributed by atoms with Gasteiger partial charge in [0.2, 0.25) is 5.91 Å². The number of hydrogen-bond acceptors (Lipinski definition) is 4. The Balaban J connectivity index is 1.46. The van der Waals surface area contributed by atoms with Gasteiger partial charge in [-0.1, -0.05) is 57.5 Å². The molecule has 8 heteroatoms. The lowest BCUT2D eigenvalue weighted by Crippen LogP contribution is -2.57. The predicted octanol–water partition coefficient (Wildman–Crippen LogP) is 2.89. The summed E-state index contributed by atoms with van der Waals surface area (Å²) in [6.45, 7) is 6.74. The van der Waals surface area contributed by atoms with Gasteiger partial charge in [-0.3, -0.25) is 15.4 Å². The number of carbonyl (C=O) groups is 2. The molecule has 3 amide bonds. The highest BCUT2D eigenvalue weighted by Crippen LogP contribution is 2.32. The Bertz CT molecular complexity index is 933. The maximum absolute atomic E-state index is 12.6. The molecular weight excluding hydrogens is 392 g/mol. The quantitative estimate of drug-likeness (QED) is 0.593. The average Bonchev–Trinajstić information content (AvgIpc) is 3.36. The van der Waals surface area contributed by atoms with Crippen LogP contribution >= 0.6 is 0 Å². The van der Waals surface area contributed by atoms with Crippen molar-refractivity contribution in [1.82, 2.24) is 25.7 Å². The summed E-state index contributed by atoms with van der Waals surface area (Å²) in [5, 5.41) is 17.1. The maximum atomic E-state index is 12.6. The van der Waals surface area contributed by atoms with Crippen LogP contribution in [0.2, 0.25) is 0 Å². The second kappa shape index (κ2) is 8.70. The summed E-state index contributed by atoms with van der Waals surface area (Å²) < 4.78 is 1.68. The Labute approximate surface area is 183 Å². The number of hydrogen-bond donors (Lipinski definition) is 4. The van der Waals surface area contributed by atoms with E-state index < -0.39 is 6.29 Å². The van der Waals surface area contributed by atoms with Gasteiger partial charge in [0.15, 0.2) is 6.29 Å². The molecule has 1 aliphatic carbocycles. The number of fused-ring (bicyclic) bond motifs is 1. The molecule has 8 nitrogen and oxygen atoms in total. The monoisotopic (exact) mass is 424 g/mol. The van der Waals surface area contributed by atoms with Crippen molar-refractivity contribution in [2.24, 2.45) is 5.92 Å². The second-order valence-corrected chi connectivity index (χ2v) is 9.45. The van der Waals surface area contributed by atoms with Crippen LogP contribution in [0.25, 0.3) is 0 Å². The minimum Gasteiger partial charge on any atom is -0.337 e. The van der Waals surface area contributed by atoms with E-state index in [4.69, 9.17) is 5.10 Å². The topological polar surface area (TPSA) is 100 Å². The van der Waals surface area contributed by atoms with E-state index in [-0.39, 0.29) is 29.3 Å². The number of rotatable bonds is 5. The third-order valence-electron chi connectivity index (χ3n) is 6.04. The van der Waals surface area contributed by atoms with Gasteiger partial charge in [0.25, 0.3) is 0 Å². The minimum absolute atomic E-state index is 0.0200. The lowest BCUT2D eigenvalue weighted by molar-refractivity contribution is -0.130. The molecule has 0 radical (unpaired) electrons. The first kappa shape index (κ1) is 21.4. The van der Waals surface area contributed by atoms with Crippen LogP contribution in [0.15, 0.2) is 36.4 Å². The van der Waals surface area contributed by atoms with Gasteiger partial charge in [-0.15, -0.1) is 0 Å². The number of aromatic nitrogens is 2. The largest absolute Gasteiger partial charge is 0.337 e. The van der Waals surface area contributed by atoms with E-state index in [1.54, 1.807) is 4.68 Å². The van der Waals surface area contributed by atoms with Crippen LogP contribution in [0.5, 0.6) is 0 Å². The zero-order valence-corrected chi connectivity index (χ0v) is 18.4. The van der Waals surface area contributed by atoms with E-state index >= 15 is 0 Å². The summed E-state index contributed by atoms with van der Waals surface area (Å²) in [4.78, 5) is 25.2. The predicted molar refractivity (Wildman–Crippen MR) is 120 cm³/mol. The van der Waals surface area contributed by atoms with Gasteiger partial charge in [-0.05, 0) is 24.8 Å². The lowest BCUT2D eigenvalue weighted by Gasteiger charge is -2.34. The molecule has 3 atom stereocenters. The number of amides is 3. The molecule has 3 unspecified atom stereocenters. The molecule has 2 aromatic rings. The van der Waals surface area contributed by atoms with E-state index in [2.05, 4.69) is 42.0 Å². The van der Waals surface area contributed by atoms with Crippen LogP contribution < -0.4 is 21.3 Å². The Morgan fingerprint density at radius 2 is 2.00 bits per heavy atom. The van der Waals surface area contributed by atoms with E-state index in [1.807, 2.05) is 36.4 Å². The van der Waals surface area contributed by atoms with Crippen LogP contribution in [0, 0.1) is 5.92 Å². The van der Waals surface area contributed by atoms with E-state index in [0.29, 0.717) is 12.4 Å². The van der Waals surface area contributed by atoms with Gasteiger partial charge in [0.1, 0.15) is 5.82 Å². The Morgan fingerprint density at radius 1 is 1.23 bits per heavy atom. The highest BCUT2D eigenvalue weighted by Gasteiger charge is 2.40. The van der Waals surface area contributed by atoms with Crippen molar-refractivity contribution in [3.63, 3.8) is 0 Å². The van der Waals surface area contributed by atoms with Gasteiger partial charge in [-0.25, -0.2) is 9.48 Å². The number of anilines is 1. The SMILES string of the molecule is CC(C)(C)c1cc(NC(=O)NCCc2ccccc2)n(C2NC(=O)C3CCCC3N2)n1. The highest BCUT2D eigenvalue weighted by atomic mass is 16.2. The molecule has 0 bridgehead atoms. The molecule has 2 fully saturated rings. The molecular formula is C23H32N6O2. The lowest BCUT2D eigenvalue weighted by atomic mass is 9.92. The Morgan fingerprint density at radius 3 is 2.74 bits per heavy atom. The van der Waals surface area contributed by atoms with E-state index in [1.165, 1.54) is 5.56 Å². The normalized spacial score (nSPS) is 23.2. The van der Waals surface area contributed by atoms with Crippen LogP contribution in [-0.4, -0.2) is 34.3 Å². The summed E-state index contributed by atoms with van der Waals surface area (Å²) in [7, 11) is 0. The third-order valence-corrected chi connectivity index (χ3v) is 6.04. The van der Waals surface area contributed by atoms with Gasteiger partial charge >= 0.3 is 6.03 Å². The molecule has 0 spiro atoms. The zero-order valence-electron chi connectivity index (χ0n) is 18.4. The molecule has 4 N–H and O–H groups in total. The van der Waals surface area contributed by atoms with E-state index in [0.717, 1.165) is 31.4 Å². The maximum Gasteiger partial charge on any atom is 0.320 e. The first-order valence-corrected chi connectivity index (χ1v) is 11.1. The fraction of sp³-hybridized carbons (Fsp3) is 0.522. The second-order valence-electron chi connectivity index (χ2n) is 9.45. The number of urea groups is 1. The molecule has 1 saturated heterocycles. The van der Waals surface area contributed by atoms with E-state index in [9.17, 15) is 9.59 Å². The summed E-state index contributed by atoms with van der Waals surface area (Å²) in [5.74, 6) is 0.625. The summed E-state index contributed by atoms with van der Waals surface area (Å²) in [6, 6.07) is 11.8. The summed E-state index contributed by atoms with van der Waals surface area (Å²) in [6.07, 6.45) is 3.21. The van der Waals surface area contributed by atoms with Crippen molar-refractivity contribution in [3.8, 4) is 0 Å². The summed E-state index contributed by atoms with van der Waals surface area (Å²) >= 11 is 0. The fourth-order valence-electron chi connectivity index (χ4n) is 4.27. The first-order valence-electron chi connectivity index (χ1n) is 11.1. The standard InChI is InChI=1S/C23H32N6O2/c1-23(2,3)18-14-19(26-22(31)24-13-12-15-8-5-4-6-9-15)29(28-18)21-25-17-11-7-10-16(17)20(30)27-21/h4-6,8-9,14,16-17,21,25H,7,10-13H2,1-3H3,(H,27,30)(H2,24,26,31). The summed E-state index contributed by atoms with van der Waals surface area (Å²) in [5.41, 5.74) is 1.82. The van der Waals surface area contributed by atoms with Gasteiger partial charge in [-0.2, -0.15) is 5.10 Å². The van der Waals surface area contributed by atoms with Gasteiger partial charge in [0.05, 0.1) is 11.6 Å². The average molecular weight is 425 g/mol. The van der Waals surface area contributed by atoms with Gasteiger partial charge in [0, 0.05) is 24.1 Å². The zero-order chi connectivity index (χ0) is 22.0. The van der Waals surface area contributed by atoms with Crippen molar-refractivity contribution in [1.29, 1.82) is 0 Å². The highest BCUT2D eigenvalue weighted by molar-refractivity contribution is 5.88. The molecule has 1 saturated carbocycles. The molecule has 4 rings (SSSR count). The van der Waals surface area contributed by atoms with Crippen LogP contribution in [0.1, 0.15) is 57.6 Å².